The smallest absolute Gasteiger partial charge is 0.169 e. The number of nitrogens with zero attached hydrogens (tertiary/aromatic N) is 1. The van der Waals surface area contributed by atoms with Crippen molar-refractivity contribution in [1.29, 1.82) is 0 Å². The predicted molar refractivity (Wildman–Crippen MR) is 118 cm³/mol. The largest absolute Gasteiger partial charge is 0.380 e. The fraction of sp³-hybridized carbons (Fsp3) is 0.318. The molecular weight excluding hydrogens is 337 g/mol. The van der Waals surface area contributed by atoms with E-state index in [0.29, 0.717) is 0 Å². The molecular formula is C22H29N3P+. The number of anilines is 2. The van der Waals surface area contributed by atoms with Crippen molar-refractivity contribution in [3.8, 4) is 0 Å². The standard InChI is InChI=1S/C22H29N3P/c1-22(2,3)25-20-12-8-18(9-13-20)14-17-6-10-19(11-7-17)24-21-15-26(4,5)16-23-21/h6-13,15-16,24-25H,14H2,1-5H3/q+1. The van der Waals surface area contributed by atoms with Crippen molar-refractivity contribution in [2.45, 2.75) is 32.7 Å². The zero-order chi connectivity index (χ0) is 18.8. The third kappa shape index (κ3) is 5.44. The van der Waals surface area contributed by atoms with Crippen LogP contribution in [0.3, 0.4) is 0 Å². The summed E-state index contributed by atoms with van der Waals surface area (Å²) in [6.07, 6.45) is 0.940. The maximum absolute atomic E-state index is 4.48. The maximum Gasteiger partial charge on any atom is 0.169 e. The van der Waals surface area contributed by atoms with E-state index in [1.807, 2.05) is 0 Å². The highest BCUT2D eigenvalue weighted by Gasteiger charge is 2.26. The molecule has 0 aromatic heterocycles. The first-order valence-electron chi connectivity index (χ1n) is 9.03. The van der Waals surface area contributed by atoms with E-state index in [1.54, 1.807) is 0 Å². The van der Waals surface area contributed by atoms with Crippen LogP contribution in [0.25, 0.3) is 0 Å². The molecule has 2 aromatic rings. The summed E-state index contributed by atoms with van der Waals surface area (Å²) < 4.78 is 0. The molecule has 0 saturated heterocycles. The van der Waals surface area contributed by atoms with Crippen LogP contribution < -0.4 is 10.6 Å². The van der Waals surface area contributed by atoms with Gasteiger partial charge in [0.1, 0.15) is 5.82 Å². The summed E-state index contributed by atoms with van der Waals surface area (Å²) in [6.45, 7) is 11.0. The molecule has 0 amide bonds. The highest BCUT2D eigenvalue weighted by Crippen LogP contribution is 2.54. The molecule has 3 rings (SSSR count). The molecule has 136 valence electrons. The molecule has 0 atom stereocenters. The van der Waals surface area contributed by atoms with E-state index < -0.39 is 7.26 Å². The van der Waals surface area contributed by atoms with Crippen LogP contribution in [-0.2, 0) is 6.42 Å². The van der Waals surface area contributed by atoms with Gasteiger partial charge in [0.25, 0.3) is 0 Å². The van der Waals surface area contributed by atoms with Gasteiger partial charge in [-0.1, -0.05) is 24.3 Å². The van der Waals surface area contributed by atoms with Gasteiger partial charge in [-0.2, -0.15) is 4.99 Å². The summed E-state index contributed by atoms with van der Waals surface area (Å²) in [7, 11) is -1.08. The van der Waals surface area contributed by atoms with Crippen LogP contribution in [0.2, 0.25) is 0 Å². The van der Waals surface area contributed by atoms with Crippen LogP contribution in [0.15, 0.2) is 65.2 Å². The van der Waals surface area contributed by atoms with Gasteiger partial charge >= 0.3 is 0 Å². The minimum Gasteiger partial charge on any atom is -0.380 e. The highest BCUT2D eigenvalue weighted by molar-refractivity contribution is 7.90. The summed E-state index contributed by atoms with van der Waals surface area (Å²) in [4.78, 5) is 4.48. The molecule has 1 heterocycles. The van der Waals surface area contributed by atoms with Crippen LogP contribution in [0, 0.1) is 0 Å². The van der Waals surface area contributed by atoms with E-state index in [4.69, 9.17) is 0 Å². The Kier molecular flexibility index (Phi) is 5.20. The summed E-state index contributed by atoms with van der Waals surface area (Å²) >= 11 is 0. The van der Waals surface area contributed by atoms with Gasteiger partial charge in [0.2, 0.25) is 0 Å². The molecule has 0 fully saturated rings. The van der Waals surface area contributed by atoms with Gasteiger partial charge in [-0.15, -0.1) is 0 Å². The Morgan fingerprint density at radius 1 is 0.846 bits per heavy atom. The molecule has 3 nitrogen and oxygen atoms in total. The van der Waals surface area contributed by atoms with Gasteiger partial charge in [-0.05, 0) is 62.6 Å². The first kappa shape index (κ1) is 18.7. The molecule has 26 heavy (non-hydrogen) atoms. The van der Waals surface area contributed by atoms with E-state index in [1.165, 1.54) is 11.1 Å². The topological polar surface area (TPSA) is 36.4 Å². The van der Waals surface area contributed by atoms with Gasteiger partial charge < -0.3 is 10.6 Å². The van der Waals surface area contributed by atoms with E-state index in [2.05, 4.69) is 110 Å². The maximum atomic E-state index is 4.48. The van der Waals surface area contributed by atoms with Crippen molar-refractivity contribution in [1.82, 2.24) is 0 Å². The third-order valence-corrected chi connectivity index (χ3v) is 5.68. The molecule has 0 spiro atoms. The molecule has 1 aliphatic heterocycles. The Balaban J connectivity index is 1.60. The normalized spacial score (nSPS) is 15.7. The first-order valence-corrected chi connectivity index (χ1v) is 11.9. The lowest BCUT2D eigenvalue weighted by Crippen LogP contribution is -2.25. The number of rotatable bonds is 5. The van der Waals surface area contributed by atoms with Gasteiger partial charge in [-0.25, -0.2) is 0 Å². The number of hydrogen-bond acceptors (Lipinski definition) is 3. The average molecular weight is 366 g/mol. The van der Waals surface area contributed by atoms with E-state index in [-0.39, 0.29) is 5.54 Å². The number of hydrogen-bond donors (Lipinski definition) is 2. The van der Waals surface area contributed by atoms with Crippen molar-refractivity contribution < 1.29 is 0 Å². The summed E-state index contributed by atoms with van der Waals surface area (Å²) in [5.74, 6) is 5.31. The Labute approximate surface area is 158 Å². The summed E-state index contributed by atoms with van der Waals surface area (Å²) in [6, 6.07) is 17.3. The van der Waals surface area contributed by atoms with Crippen molar-refractivity contribution >= 4 is 24.6 Å². The Hall–Kier alpha value is -2.12. The van der Waals surface area contributed by atoms with Gasteiger partial charge in [0, 0.05) is 16.9 Å². The molecule has 0 unspecified atom stereocenters. The summed E-state index contributed by atoms with van der Waals surface area (Å²) in [5.41, 5.74) is 4.96. The lowest BCUT2D eigenvalue weighted by atomic mass is 10.0. The Morgan fingerprint density at radius 2 is 1.38 bits per heavy atom. The Morgan fingerprint density at radius 3 is 1.85 bits per heavy atom. The third-order valence-electron chi connectivity index (χ3n) is 4.06. The lowest BCUT2D eigenvalue weighted by molar-refractivity contribution is 0.634. The molecule has 2 aromatic carbocycles. The fourth-order valence-electron chi connectivity index (χ4n) is 2.89. The van der Waals surface area contributed by atoms with E-state index in [0.717, 1.165) is 23.6 Å². The van der Waals surface area contributed by atoms with Gasteiger partial charge in [0.05, 0.1) is 20.6 Å². The second kappa shape index (κ2) is 7.25. The monoisotopic (exact) mass is 366 g/mol. The number of benzene rings is 2. The van der Waals surface area contributed by atoms with Gasteiger partial charge in [0.15, 0.2) is 11.8 Å². The Bertz CT molecular complexity index is 810. The molecule has 2 N–H and O–H groups in total. The van der Waals surface area contributed by atoms with Crippen LogP contribution in [0.4, 0.5) is 11.4 Å². The fourth-order valence-corrected chi connectivity index (χ4v) is 4.14. The lowest BCUT2D eigenvalue weighted by Gasteiger charge is -2.22. The molecule has 4 heteroatoms. The van der Waals surface area contributed by atoms with Crippen molar-refractivity contribution in [3.63, 3.8) is 0 Å². The number of aliphatic imine (C=N–C) groups is 1. The van der Waals surface area contributed by atoms with E-state index >= 15 is 0 Å². The molecule has 0 saturated carbocycles. The van der Waals surface area contributed by atoms with Crippen LogP contribution in [-0.4, -0.2) is 24.8 Å². The SMILES string of the molecule is CC(C)(C)Nc1ccc(Cc2ccc(NC3=C[P+](C)(C)C=N3)cc2)cc1. The van der Waals surface area contributed by atoms with Gasteiger partial charge in [-0.3, -0.25) is 0 Å². The summed E-state index contributed by atoms with van der Waals surface area (Å²) in [5, 5.41) is 6.90. The second-order valence-corrected chi connectivity index (χ2v) is 12.2. The quantitative estimate of drug-likeness (QED) is 0.635. The molecule has 0 bridgehead atoms. The van der Waals surface area contributed by atoms with Crippen molar-refractivity contribution in [3.05, 3.63) is 71.3 Å². The zero-order valence-electron chi connectivity index (χ0n) is 16.4. The highest BCUT2D eigenvalue weighted by atomic mass is 31.2. The minimum absolute atomic E-state index is 0.0837. The van der Waals surface area contributed by atoms with Crippen molar-refractivity contribution in [2.24, 2.45) is 4.99 Å². The van der Waals surface area contributed by atoms with E-state index in [9.17, 15) is 0 Å². The zero-order valence-corrected chi connectivity index (χ0v) is 17.3. The predicted octanol–water partition coefficient (Wildman–Crippen LogP) is 6.02. The first-order chi connectivity index (χ1) is 12.2. The molecule has 0 aliphatic carbocycles. The van der Waals surface area contributed by atoms with Crippen LogP contribution in [0.5, 0.6) is 0 Å². The van der Waals surface area contributed by atoms with Crippen LogP contribution in [0.1, 0.15) is 31.9 Å². The number of nitrogens with one attached hydrogen (secondary N) is 2. The molecule has 1 aliphatic rings. The average Bonchev–Trinajstić information content (AvgIpc) is 2.88. The molecule has 0 radical (unpaired) electrons. The second-order valence-electron chi connectivity index (χ2n) is 8.46. The van der Waals surface area contributed by atoms with Crippen molar-refractivity contribution in [2.75, 3.05) is 24.0 Å². The van der Waals surface area contributed by atoms with Crippen LogP contribution >= 0.6 is 7.26 Å². The minimum atomic E-state index is -1.08.